The van der Waals surface area contributed by atoms with Crippen molar-refractivity contribution in [2.24, 2.45) is 5.41 Å². The highest BCUT2D eigenvalue weighted by molar-refractivity contribution is 5.99. The van der Waals surface area contributed by atoms with E-state index < -0.39 is 28.8 Å². The zero-order valence-electron chi connectivity index (χ0n) is 35.9. The van der Waals surface area contributed by atoms with Crippen LogP contribution in [0.5, 0.6) is 0 Å². The molecule has 1 atom stereocenters. The van der Waals surface area contributed by atoms with Crippen LogP contribution >= 0.6 is 0 Å². The lowest BCUT2D eigenvalue weighted by molar-refractivity contribution is -0.135. The highest BCUT2D eigenvalue weighted by Crippen LogP contribution is 2.37. The van der Waals surface area contributed by atoms with Gasteiger partial charge in [-0.25, -0.2) is 9.59 Å². The van der Waals surface area contributed by atoms with Crippen molar-refractivity contribution in [1.29, 1.82) is 0 Å². The van der Waals surface area contributed by atoms with Gasteiger partial charge in [-0.15, -0.1) is 0 Å². The van der Waals surface area contributed by atoms with E-state index in [0.717, 1.165) is 52.4 Å². The molecule has 1 saturated carbocycles. The summed E-state index contributed by atoms with van der Waals surface area (Å²) in [4.78, 5) is 70.4. The zero-order chi connectivity index (χ0) is 43.2. The average Bonchev–Trinajstić information content (AvgIpc) is 3.67. The fourth-order valence-corrected chi connectivity index (χ4v) is 7.81. The maximum absolute atomic E-state index is 14.3. The number of hydrogen-bond donors (Lipinski definition) is 4. The molecular formula is C46H59N7O7. The number of ether oxygens (including phenoxy) is 2. The Kier molecular flexibility index (Phi) is 13.2. The van der Waals surface area contributed by atoms with E-state index in [1.54, 1.807) is 48.9 Å². The summed E-state index contributed by atoms with van der Waals surface area (Å²) >= 11 is 0. The molecular weight excluding hydrogens is 763 g/mol. The second-order valence-corrected chi connectivity index (χ2v) is 18.1. The molecule has 320 valence electrons. The lowest BCUT2D eigenvalue weighted by Crippen LogP contribution is -2.55. The van der Waals surface area contributed by atoms with Gasteiger partial charge in [-0.1, -0.05) is 49.6 Å². The predicted octanol–water partition coefficient (Wildman–Crippen LogP) is 7.37. The molecule has 1 saturated heterocycles. The van der Waals surface area contributed by atoms with Crippen LogP contribution < -0.4 is 16.0 Å². The van der Waals surface area contributed by atoms with Gasteiger partial charge in [0.25, 0.3) is 5.91 Å². The topological polar surface area (TPSA) is 175 Å². The van der Waals surface area contributed by atoms with Gasteiger partial charge in [-0.05, 0) is 114 Å². The SMILES string of the molecule is Cc1cc(C(=O)N2CCN(C(=O)OC(C)(C)C)CC2)ccc1-c1ccc(C[C@H](NC(=O)C2(CNC(=O)OC(C)(C)C)CCCCC2)C(=O)Nc2ccc3cn[nH]c3c2)cc1. The largest absolute Gasteiger partial charge is 0.444 e. The van der Waals surface area contributed by atoms with Crippen molar-refractivity contribution in [2.75, 3.05) is 38.0 Å². The number of alkyl carbamates (subject to hydrolysis) is 1. The number of anilines is 1. The number of aromatic amines is 1. The van der Waals surface area contributed by atoms with E-state index in [0.29, 0.717) is 50.3 Å². The number of aryl methyl sites for hydroxylation is 1. The predicted molar refractivity (Wildman–Crippen MR) is 230 cm³/mol. The van der Waals surface area contributed by atoms with E-state index in [-0.39, 0.29) is 36.8 Å². The Hall–Kier alpha value is -5.92. The summed E-state index contributed by atoms with van der Waals surface area (Å²) in [6.07, 6.45) is 4.75. The van der Waals surface area contributed by atoms with Crippen molar-refractivity contribution in [1.82, 2.24) is 30.6 Å². The van der Waals surface area contributed by atoms with E-state index in [9.17, 15) is 24.0 Å². The monoisotopic (exact) mass is 821 g/mol. The highest BCUT2D eigenvalue weighted by Gasteiger charge is 2.42. The van der Waals surface area contributed by atoms with Crippen LogP contribution in [0.4, 0.5) is 15.3 Å². The molecule has 0 bridgehead atoms. The molecule has 1 aromatic heterocycles. The first-order valence-electron chi connectivity index (χ1n) is 20.9. The summed E-state index contributed by atoms with van der Waals surface area (Å²) < 4.78 is 11.0. The van der Waals surface area contributed by atoms with Crippen LogP contribution in [0, 0.1) is 12.3 Å². The Morgan fingerprint density at radius 3 is 2.13 bits per heavy atom. The second kappa shape index (κ2) is 18.1. The number of piperazine rings is 1. The van der Waals surface area contributed by atoms with Gasteiger partial charge in [0.05, 0.1) is 17.1 Å². The van der Waals surface area contributed by atoms with Crippen LogP contribution in [0.3, 0.4) is 0 Å². The van der Waals surface area contributed by atoms with Gasteiger partial charge in [0.1, 0.15) is 17.2 Å². The Bertz CT molecular complexity index is 2190. The van der Waals surface area contributed by atoms with E-state index in [1.807, 2.05) is 76.2 Å². The van der Waals surface area contributed by atoms with Crippen molar-refractivity contribution >= 4 is 46.5 Å². The van der Waals surface area contributed by atoms with Crippen LogP contribution in [0.1, 0.15) is 95.1 Å². The van der Waals surface area contributed by atoms with Gasteiger partial charge in [-0.3, -0.25) is 19.5 Å². The average molecular weight is 822 g/mol. The van der Waals surface area contributed by atoms with E-state index >= 15 is 0 Å². The molecule has 0 unspecified atom stereocenters. The fraction of sp³-hybridized carbons (Fsp3) is 0.478. The highest BCUT2D eigenvalue weighted by atomic mass is 16.6. The van der Waals surface area contributed by atoms with Crippen molar-refractivity contribution < 1.29 is 33.4 Å². The maximum atomic E-state index is 14.3. The summed E-state index contributed by atoms with van der Waals surface area (Å²) in [5.41, 5.74) is 3.40. The van der Waals surface area contributed by atoms with E-state index in [1.165, 1.54) is 0 Å². The molecule has 2 fully saturated rings. The Morgan fingerprint density at radius 2 is 1.48 bits per heavy atom. The van der Waals surface area contributed by atoms with Gasteiger partial charge < -0.3 is 35.2 Å². The zero-order valence-corrected chi connectivity index (χ0v) is 35.9. The third-order valence-electron chi connectivity index (χ3n) is 11.0. The summed E-state index contributed by atoms with van der Waals surface area (Å²) in [6, 6.07) is 18.0. The van der Waals surface area contributed by atoms with Crippen LogP contribution in [-0.4, -0.2) is 99.9 Å². The Balaban J connectivity index is 1.16. The first-order chi connectivity index (χ1) is 28.4. The molecule has 0 radical (unpaired) electrons. The van der Waals surface area contributed by atoms with Gasteiger partial charge >= 0.3 is 12.2 Å². The number of carbonyl (C=O) groups excluding carboxylic acids is 5. The number of aromatic nitrogens is 2. The summed E-state index contributed by atoms with van der Waals surface area (Å²) in [5.74, 6) is -0.746. The first-order valence-corrected chi connectivity index (χ1v) is 20.9. The van der Waals surface area contributed by atoms with Crippen LogP contribution in [0.25, 0.3) is 22.0 Å². The number of amides is 5. The Morgan fingerprint density at radius 1 is 0.817 bits per heavy atom. The van der Waals surface area contributed by atoms with Gasteiger partial charge in [0, 0.05) is 55.8 Å². The second-order valence-electron chi connectivity index (χ2n) is 18.1. The number of rotatable bonds is 10. The lowest BCUT2D eigenvalue weighted by atomic mass is 9.73. The number of carbonyl (C=O) groups is 5. The fourth-order valence-electron chi connectivity index (χ4n) is 7.81. The van der Waals surface area contributed by atoms with E-state index in [4.69, 9.17) is 9.47 Å². The molecule has 0 spiro atoms. The number of H-pyrrole nitrogens is 1. The molecule has 4 N–H and O–H groups in total. The number of hydrogen-bond acceptors (Lipinski definition) is 8. The molecule has 3 aromatic carbocycles. The molecule has 2 aliphatic rings. The first kappa shape index (κ1) is 43.7. The number of benzene rings is 3. The molecule has 1 aliphatic carbocycles. The third kappa shape index (κ3) is 11.2. The molecule has 1 aliphatic heterocycles. The number of nitrogens with zero attached hydrogens (tertiary/aromatic N) is 3. The van der Waals surface area contributed by atoms with Crippen molar-refractivity contribution in [3.8, 4) is 11.1 Å². The summed E-state index contributed by atoms with van der Waals surface area (Å²) in [7, 11) is 0. The minimum Gasteiger partial charge on any atom is -0.444 e. The van der Waals surface area contributed by atoms with Crippen LogP contribution in [-0.2, 0) is 25.5 Å². The molecule has 5 amide bonds. The van der Waals surface area contributed by atoms with E-state index in [2.05, 4.69) is 26.1 Å². The number of fused-ring (bicyclic) bond motifs is 1. The molecule has 4 aromatic rings. The Labute approximate surface area is 352 Å². The normalized spacial score (nSPS) is 16.1. The van der Waals surface area contributed by atoms with Crippen LogP contribution in [0.15, 0.2) is 66.9 Å². The molecule has 60 heavy (non-hydrogen) atoms. The van der Waals surface area contributed by atoms with Gasteiger partial charge in [-0.2, -0.15) is 5.10 Å². The summed E-state index contributed by atoms with van der Waals surface area (Å²) in [6.45, 7) is 14.6. The van der Waals surface area contributed by atoms with Crippen molar-refractivity contribution in [2.45, 2.75) is 104 Å². The van der Waals surface area contributed by atoms with Gasteiger partial charge in [0.15, 0.2) is 0 Å². The molecule has 6 rings (SSSR count). The minimum atomic E-state index is -0.931. The summed E-state index contributed by atoms with van der Waals surface area (Å²) in [5, 5.41) is 16.8. The van der Waals surface area contributed by atoms with Gasteiger partial charge in [0.2, 0.25) is 11.8 Å². The van der Waals surface area contributed by atoms with Crippen molar-refractivity contribution in [3.63, 3.8) is 0 Å². The minimum absolute atomic E-state index is 0.0877. The quantitative estimate of drug-likeness (QED) is 0.128. The molecule has 14 nitrogen and oxygen atoms in total. The van der Waals surface area contributed by atoms with Crippen molar-refractivity contribution in [3.05, 3.63) is 83.6 Å². The van der Waals surface area contributed by atoms with Crippen LogP contribution in [0.2, 0.25) is 0 Å². The smallest absolute Gasteiger partial charge is 0.410 e. The molecule has 14 heteroatoms. The standard InChI is InChI=1S/C46H59N7O7/c1-30-25-33(40(55)52-21-23-53(24-22-52)43(58)60-45(5,6)7)16-18-36(30)32-13-11-31(12-14-32)26-38(39(54)49-35-17-15-34-28-48-51-37(34)27-35)50-41(56)46(19-9-8-10-20-46)29-47-42(57)59-44(2,3)4/h11-18,25,27-28,38H,8-10,19-24,26,29H2,1-7H3,(H,47,57)(H,48,51)(H,49,54)(H,50,56)/t38-/m0/s1. The lowest BCUT2D eigenvalue weighted by Gasteiger charge is -2.37. The number of nitrogens with one attached hydrogen (secondary N) is 4. The third-order valence-corrected chi connectivity index (χ3v) is 11.0. The maximum Gasteiger partial charge on any atom is 0.410 e. The molecule has 2 heterocycles.